The third kappa shape index (κ3) is 4.47. The molecule has 2 rings (SSSR count). The third-order valence-electron chi connectivity index (χ3n) is 3.59. The Balaban J connectivity index is 2.17. The number of hydrogen-bond acceptors (Lipinski definition) is 3. The molecule has 0 atom stereocenters. The summed E-state index contributed by atoms with van der Waals surface area (Å²) >= 11 is 12.3. The van der Waals surface area contributed by atoms with Gasteiger partial charge in [0.2, 0.25) is 5.91 Å². The second-order valence-electron chi connectivity index (χ2n) is 5.33. The van der Waals surface area contributed by atoms with Crippen molar-refractivity contribution in [2.75, 3.05) is 13.2 Å². The van der Waals surface area contributed by atoms with Crippen molar-refractivity contribution in [3.8, 4) is 0 Å². The van der Waals surface area contributed by atoms with Crippen LogP contribution in [0.2, 0.25) is 10.0 Å². The zero-order valence-corrected chi connectivity index (χ0v) is 14.6. The van der Waals surface area contributed by atoms with E-state index in [4.69, 9.17) is 23.2 Å². The number of aliphatic hydroxyl groups excluding tert-OH is 1. The van der Waals surface area contributed by atoms with Gasteiger partial charge in [0, 0.05) is 41.9 Å². The Labute approximate surface area is 145 Å². The summed E-state index contributed by atoms with van der Waals surface area (Å²) in [4.78, 5) is 14.2. The average Bonchev–Trinajstić information content (AvgIpc) is 2.80. The van der Waals surface area contributed by atoms with E-state index in [1.807, 2.05) is 20.2 Å². The largest absolute Gasteiger partial charge is 0.395 e. The first-order valence-corrected chi connectivity index (χ1v) is 7.98. The maximum absolute atomic E-state index is 12.6. The number of rotatable bonds is 6. The number of halogens is 2. The van der Waals surface area contributed by atoms with Crippen LogP contribution in [0.15, 0.2) is 24.4 Å². The molecule has 1 amide bonds. The van der Waals surface area contributed by atoms with Gasteiger partial charge in [-0.2, -0.15) is 5.10 Å². The van der Waals surface area contributed by atoms with Crippen molar-refractivity contribution >= 4 is 29.1 Å². The fourth-order valence-electron chi connectivity index (χ4n) is 2.39. The molecule has 1 aromatic carbocycles. The van der Waals surface area contributed by atoms with Gasteiger partial charge in [0.25, 0.3) is 0 Å². The molecule has 1 heterocycles. The molecule has 1 aromatic heterocycles. The Kier molecular flexibility index (Phi) is 6.04. The number of benzene rings is 1. The van der Waals surface area contributed by atoms with E-state index >= 15 is 0 Å². The number of amides is 1. The lowest BCUT2D eigenvalue weighted by Crippen LogP contribution is -2.34. The first-order chi connectivity index (χ1) is 10.9. The molecule has 0 bridgehead atoms. The van der Waals surface area contributed by atoms with Crippen molar-refractivity contribution in [2.24, 2.45) is 7.05 Å². The molecule has 0 radical (unpaired) electrons. The maximum atomic E-state index is 12.6. The quantitative estimate of drug-likeness (QED) is 0.866. The monoisotopic (exact) mass is 355 g/mol. The van der Waals surface area contributed by atoms with Crippen LogP contribution >= 0.6 is 23.2 Å². The highest BCUT2D eigenvalue weighted by atomic mass is 35.5. The van der Waals surface area contributed by atoms with Crippen LogP contribution in [-0.2, 0) is 24.8 Å². The summed E-state index contributed by atoms with van der Waals surface area (Å²) in [5, 5.41) is 14.4. The number of carbonyl (C=O) groups excluding carboxylic acids is 1. The summed E-state index contributed by atoms with van der Waals surface area (Å²) < 4.78 is 1.71. The van der Waals surface area contributed by atoms with Crippen molar-refractivity contribution < 1.29 is 9.90 Å². The molecule has 23 heavy (non-hydrogen) atoms. The van der Waals surface area contributed by atoms with Gasteiger partial charge in [-0.05, 0) is 24.6 Å². The third-order valence-corrected chi connectivity index (χ3v) is 4.30. The molecule has 7 heteroatoms. The Bertz CT molecular complexity index is 680. The van der Waals surface area contributed by atoms with Gasteiger partial charge in [0.1, 0.15) is 0 Å². The predicted octanol–water partition coefficient (Wildman–Crippen LogP) is 2.60. The molecule has 0 fully saturated rings. The zero-order chi connectivity index (χ0) is 17.0. The highest BCUT2D eigenvalue weighted by Gasteiger charge is 2.19. The minimum absolute atomic E-state index is 0.0951. The molecule has 0 saturated carbocycles. The van der Waals surface area contributed by atoms with Gasteiger partial charge in [-0.15, -0.1) is 0 Å². The number of aryl methyl sites for hydroxylation is 2. The standard InChI is InChI=1S/C16H19Cl2N3O2/c1-11-12(9-20(2)19-11)10-21(6-7-22)16(23)8-13-14(17)4-3-5-15(13)18/h3-5,9,22H,6-8,10H2,1-2H3. The highest BCUT2D eigenvalue weighted by molar-refractivity contribution is 6.36. The second-order valence-corrected chi connectivity index (χ2v) is 6.14. The number of nitrogens with zero attached hydrogens (tertiary/aromatic N) is 3. The molecule has 0 unspecified atom stereocenters. The first kappa shape index (κ1) is 17.8. The molecule has 0 saturated heterocycles. The molecule has 0 aliphatic carbocycles. The van der Waals surface area contributed by atoms with E-state index in [1.165, 1.54) is 0 Å². The van der Waals surface area contributed by atoms with E-state index in [1.54, 1.807) is 27.8 Å². The Hall–Kier alpha value is -1.56. The zero-order valence-electron chi connectivity index (χ0n) is 13.1. The van der Waals surface area contributed by atoms with E-state index in [0.717, 1.165) is 11.3 Å². The smallest absolute Gasteiger partial charge is 0.227 e. The Morgan fingerprint density at radius 3 is 2.52 bits per heavy atom. The van der Waals surface area contributed by atoms with E-state index in [9.17, 15) is 9.90 Å². The lowest BCUT2D eigenvalue weighted by Gasteiger charge is -2.22. The molecule has 0 aliphatic heterocycles. The number of carbonyl (C=O) groups is 1. The van der Waals surface area contributed by atoms with Crippen LogP contribution in [0.5, 0.6) is 0 Å². The topological polar surface area (TPSA) is 58.4 Å². The van der Waals surface area contributed by atoms with Crippen LogP contribution in [0.25, 0.3) is 0 Å². The molecule has 2 aromatic rings. The Morgan fingerprint density at radius 2 is 2.00 bits per heavy atom. The average molecular weight is 356 g/mol. The van der Waals surface area contributed by atoms with E-state index in [0.29, 0.717) is 22.2 Å². The second kappa shape index (κ2) is 7.81. The molecule has 0 aliphatic rings. The van der Waals surface area contributed by atoms with Crippen LogP contribution in [0.1, 0.15) is 16.8 Å². The number of aliphatic hydroxyl groups is 1. The van der Waals surface area contributed by atoms with Gasteiger partial charge in [-0.3, -0.25) is 9.48 Å². The Morgan fingerprint density at radius 1 is 1.35 bits per heavy atom. The highest BCUT2D eigenvalue weighted by Crippen LogP contribution is 2.25. The lowest BCUT2D eigenvalue weighted by atomic mass is 10.1. The summed E-state index contributed by atoms with van der Waals surface area (Å²) in [5.74, 6) is -0.141. The van der Waals surface area contributed by atoms with Crippen LogP contribution in [0, 0.1) is 6.92 Å². The van der Waals surface area contributed by atoms with Crippen molar-refractivity contribution in [1.29, 1.82) is 0 Å². The van der Waals surface area contributed by atoms with Crippen LogP contribution in [0.4, 0.5) is 0 Å². The summed E-state index contributed by atoms with van der Waals surface area (Å²) in [6.07, 6.45) is 1.97. The number of hydrogen-bond donors (Lipinski definition) is 1. The van der Waals surface area contributed by atoms with E-state index in [2.05, 4.69) is 5.10 Å². The van der Waals surface area contributed by atoms with Gasteiger partial charge in [-0.1, -0.05) is 29.3 Å². The van der Waals surface area contributed by atoms with Crippen molar-refractivity contribution in [2.45, 2.75) is 19.9 Å². The van der Waals surface area contributed by atoms with E-state index < -0.39 is 0 Å². The first-order valence-electron chi connectivity index (χ1n) is 7.23. The maximum Gasteiger partial charge on any atom is 0.227 e. The normalized spacial score (nSPS) is 10.8. The lowest BCUT2D eigenvalue weighted by molar-refractivity contribution is -0.131. The van der Waals surface area contributed by atoms with Crippen LogP contribution in [-0.4, -0.2) is 38.8 Å². The summed E-state index contributed by atoms with van der Waals surface area (Å²) in [6.45, 7) is 2.42. The molecule has 0 spiro atoms. The molecular weight excluding hydrogens is 337 g/mol. The van der Waals surface area contributed by atoms with Crippen LogP contribution in [0.3, 0.4) is 0 Å². The molecule has 5 nitrogen and oxygen atoms in total. The van der Waals surface area contributed by atoms with E-state index in [-0.39, 0.29) is 25.5 Å². The van der Waals surface area contributed by atoms with Gasteiger partial charge >= 0.3 is 0 Å². The summed E-state index contributed by atoms with van der Waals surface area (Å²) in [6, 6.07) is 5.15. The van der Waals surface area contributed by atoms with Gasteiger partial charge in [-0.25, -0.2) is 0 Å². The van der Waals surface area contributed by atoms with Gasteiger partial charge in [0.15, 0.2) is 0 Å². The van der Waals surface area contributed by atoms with Crippen molar-refractivity contribution in [3.63, 3.8) is 0 Å². The fourth-order valence-corrected chi connectivity index (χ4v) is 2.92. The van der Waals surface area contributed by atoms with Crippen LogP contribution < -0.4 is 0 Å². The summed E-state index contributed by atoms with van der Waals surface area (Å²) in [5.41, 5.74) is 2.41. The van der Waals surface area contributed by atoms with Crippen molar-refractivity contribution in [1.82, 2.24) is 14.7 Å². The molecule has 1 N–H and O–H groups in total. The number of aromatic nitrogens is 2. The molecular formula is C16H19Cl2N3O2. The summed E-state index contributed by atoms with van der Waals surface area (Å²) in [7, 11) is 1.83. The minimum atomic E-state index is -0.141. The fraction of sp³-hybridized carbons (Fsp3) is 0.375. The molecule has 124 valence electrons. The van der Waals surface area contributed by atoms with Crippen molar-refractivity contribution in [3.05, 3.63) is 51.3 Å². The minimum Gasteiger partial charge on any atom is -0.395 e. The van der Waals surface area contributed by atoms with Gasteiger partial charge in [0.05, 0.1) is 18.7 Å². The SMILES string of the molecule is Cc1nn(C)cc1CN(CCO)C(=O)Cc1c(Cl)cccc1Cl. The van der Waals surface area contributed by atoms with Gasteiger partial charge < -0.3 is 10.0 Å². The predicted molar refractivity (Wildman–Crippen MR) is 90.6 cm³/mol.